The van der Waals surface area contributed by atoms with Crippen molar-refractivity contribution in [2.75, 3.05) is 33.1 Å². The summed E-state index contributed by atoms with van der Waals surface area (Å²) in [6.07, 6.45) is 10.9. The van der Waals surface area contributed by atoms with Crippen molar-refractivity contribution >= 4 is 50.1 Å². The molecule has 6 rings (SSSR count). The molecule has 0 atom stereocenters. The number of aryl methyl sites for hydroxylation is 2. The Hall–Kier alpha value is -3.54. The molecule has 0 aliphatic heterocycles. The van der Waals surface area contributed by atoms with Crippen molar-refractivity contribution in [3.8, 4) is 5.69 Å². The molecule has 9 nitrogen and oxygen atoms in total. The van der Waals surface area contributed by atoms with Gasteiger partial charge in [-0.25, -0.2) is 15.0 Å². The number of nitrogens with zero attached hydrogens (tertiary/aromatic N) is 6. The molecule has 0 bridgehead atoms. The number of pyridine rings is 1. The van der Waals surface area contributed by atoms with Crippen LogP contribution in [0.5, 0.6) is 0 Å². The zero-order valence-electron chi connectivity index (χ0n) is 25.1. The van der Waals surface area contributed by atoms with Gasteiger partial charge in [0.15, 0.2) is 0 Å². The fourth-order valence-corrected chi connectivity index (χ4v) is 6.28. The van der Waals surface area contributed by atoms with Gasteiger partial charge < -0.3 is 10.2 Å². The van der Waals surface area contributed by atoms with Crippen molar-refractivity contribution in [1.29, 1.82) is 0 Å². The van der Waals surface area contributed by atoms with E-state index in [2.05, 4.69) is 32.9 Å². The van der Waals surface area contributed by atoms with Crippen LogP contribution in [-0.2, 0) is 0 Å². The molecule has 42 heavy (non-hydrogen) atoms. The number of aromatic nitrogens is 5. The number of hydrogen-bond acceptors (Lipinski definition) is 9. The molecule has 1 aliphatic carbocycles. The molecule has 1 fully saturated rings. The van der Waals surface area contributed by atoms with Crippen LogP contribution < -0.4 is 21.3 Å². The minimum atomic E-state index is -0.139. The number of thiol groups is 1. The molecular weight excluding hydrogens is 567 g/mol. The zero-order chi connectivity index (χ0) is 30.4. The lowest BCUT2D eigenvalue weighted by atomic mass is 9.95. The highest BCUT2D eigenvalue weighted by molar-refractivity contribution is 7.80. The van der Waals surface area contributed by atoms with Crippen LogP contribution in [0.1, 0.15) is 49.5 Å². The summed E-state index contributed by atoms with van der Waals surface area (Å²) in [6.45, 7) is 3.81. The summed E-state index contributed by atoms with van der Waals surface area (Å²) in [5.74, 6) is 0.659. The third-order valence-electron chi connectivity index (χ3n) is 7.15. The number of anilines is 1. The van der Waals surface area contributed by atoms with Crippen LogP contribution in [0.15, 0.2) is 63.5 Å². The van der Waals surface area contributed by atoms with Crippen LogP contribution in [0.3, 0.4) is 0 Å². The predicted octanol–water partition coefficient (Wildman–Crippen LogP) is 5.55. The molecule has 222 valence electrons. The summed E-state index contributed by atoms with van der Waals surface area (Å²) >= 11 is 5.55. The van der Waals surface area contributed by atoms with Crippen molar-refractivity contribution in [2.45, 2.75) is 56.9 Å². The van der Waals surface area contributed by atoms with Crippen LogP contribution in [0.4, 0.5) is 5.69 Å². The molecule has 0 amide bonds. The largest absolute Gasteiger partial charge is 0.377 e. The van der Waals surface area contributed by atoms with Crippen molar-refractivity contribution in [2.24, 2.45) is 0 Å². The van der Waals surface area contributed by atoms with Crippen LogP contribution in [0.25, 0.3) is 26.1 Å². The van der Waals surface area contributed by atoms with Gasteiger partial charge in [-0.2, -0.15) is 0 Å². The van der Waals surface area contributed by atoms with Crippen molar-refractivity contribution in [3.05, 3.63) is 81.1 Å². The first-order valence-corrected chi connectivity index (χ1v) is 15.3. The first-order valence-electron chi connectivity index (χ1n) is 14.1. The molecule has 1 aromatic carbocycles. The second kappa shape index (κ2) is 14.1. The van der Waals surface area contributed by atoms with E-state index < -0.39 is 0 Å². The van der Waals surface area contributed by atoms with Gasteiger partial charge in [-0.15, -0.1) is 24.0 Å². The average Bonchev–Trinajstić information content (AvgIpc) is 3.37. The van der Waals surface area contributed by atoms with Gasteiger partial charge in [-0.3, -0.25) is 18.7 Å². The first kappa shape index (κ1) is 31.4. The minimum Gasteiger partial charge on any atom is -0.377 e. The molecule has 0 saturated heterocycles. The van der Waals surface area contributed by atoms with Gasteiger partial charge in [0.2, 0.25) is 0 Å². The summed E-state index contributed by atoms with van der Waals surface area (Å²) in [5, 5.41) is 3.74. The Balaban J connectivity index is 0.000000187. The maximum absolute atomic E-state index is 13.0. The fourth-order valence-electron chi connectivity index (χ4n) is 5.07. The van der Waals surface area contributed by atoms with Crippen LogP contribution >= 0.6 is 24.0 Å². The molecule has 1 saturated carbocycles. The average molecular weight is 606 g/mol. The summed E-state index contributed by atoms with van der Waals surface area (Å²) in [6, 6.07) is 10.0. The highest BCUT2D eigenvalue weighted by atomic mass is 32.1. The van der Waals surface area contributed by atoms with Gasteiger partial charge in [0.1, 0.15) is 15.4 Å². The highest BCUT2D eigenvalue weighted by Crippen LogP contribution is 2.36. The monoisotopic (exact) mass is 605 g/mol. The summed E-state index contributed by atoms with van der Waals surface area (Å²) in [5.41, 5.74) is 3.78. The van der Waals surface area contributed by atoms with Gasteiger partial charge in [0, 0.05) is 32.5 Å². The maximum Gasteiger partial charge on any atom is 0.271 e. The lowest BCUT2D eigenvalue weighted by Crippen LogP contribution is -2.26. The molecular formula is C31H39N7O2S2. The maximum atomic E-state index is 13.0. The van der Waals surface area contributed by atoms with E-state index in [0.717, 1.165) is 50.2 Å². The molecule has 11 heteroatoms. The van der Waals surface area contributed by atoms with Gasteiger partial charge in [0.05, 0.1) is 33.5 Å². The third-order valence-corrected chi connectivity index (χ3v) is 8.53. The molecule has 1 aliphatic rings. The molecule has 4 aromatic heterocycles. The Morgan fingerprint density at radius 3 is 2.26 bits per heavy atom. The normalized spacial score (nSPS) is 13.3. The molecule has 0 radical (unpaired) electrons. The lowest BCUT2D eigenvalue weighted by Gasteiger charge is -2.23. The minimum absolute atomic E-state index is 0.0922. The van der Waals surface area contributed by atoms with Crippen LogP contribution in [-0.4, -0.2) is 52.3 Å². The molecule has 4 heterocycles. The molecule has 5 aromatic rings. The quantitative estimate of drug-likeness (QED) is 0.260. The van der Waals surface area contributed by atoms with E-state index >= 15 is 0 Å². The Morgan fingerprint density at radius 1 is 0.952 bits per heavy atom. The van der Waals surface area contributed by atoms with Crippen molar-refractivity contribution < 1.29 is 0 Å². The second-order valence-electron chi connectivity index (χ2n) is 10.6. The van der Waals surface area contributed by atoms with E-state index in [1.807, 2.05) is 74.9 Å². The lowest BCUT2D eigenvalue weighted by molar-refractivity contribution is 0.345. The van der Waals surface area contributed by atoms with E-state index in [1.54, 1.807) is 24.0 Å². The SMILES string of the molecule is CN(C)c1ccnc2sc3c(=O)n(C4CCCCC4)cnc3c12.CNC.Cc1ccc(-n2c(C)ncc(S)c2=O)cc1. The Morgan fingerprint density at radius 2 is 1.62 bits per heavy atom. The van der Waals surface area contributed by atoms with Gasteiger partial charge in [0.25, 0.3) is 11.1 Å². The number of fused-ring (bicyclic) bond motifs is 3. The Labute approximate surface area is 255 Å². The van der Waals surface area contributed by atoms with Gasteiger partial charge >= 0.3 is 0 Å². The molecule has 0 unspecified atom stereocenters. The van der Waals surface area contributed by atoms with E-state index in [0.29, 0.717) is 16.8 Å². The Kier molecular flexibility index (Phi) is 10.5. The van der Waals surface area contributed by atoms with E-state index in [1.165, 1.54) is 36.8 Å². The van der Waals surface area contributed by atoms with Crippen LogP contribution in [0.2, 0.25) is 0 Å². The number of hydrogen-bond donors (Lipinski definition) is 2. The second-order valence-corrected chi connectivity index (χ2v) is 12.1. The molecule has 0 spiro atoms. The molecule has 1 N–H and O–H groups in total. The van der Waals surface area contributed by atoms with Gasteiger partial charge in [-0.1, -0.05) is 37.0 Å². The number of nitrogens with one attached hydrogen (secondary N) is 1. The number of benzene rings is 1. The van der Waals surface area contributed by atoms with Gasteiger partial charge in [-0.05, 0) is 59.0 Å². The smallest absolute Gasteiger partial charge is 0.271 e. The topological polar surface area (TPSA) is 97.9 Å². The van der Waals surface area contributed by atoms with E-state index in [4.69, 9.17) is 0 Å². The van der Waals surface area contributed by atoms with Crippen LogP contribution in [0, 0.1) is 13.8 Å². The number of thiophene rings is 1. The fraction of sp³-hybridized carbons (Fsp3) is 0.387. The first-order chi connectivity index (χ1) is 20.2. The predicted molar refractivity (Wildman–Crippen MR) is 177 cm³/mol. The van der Waals surface area contributed by atoms with E-state index in [-0.39, 0.29) is 11.1 Å². The third kappa shape index (κ3) is 6.74. The Bertz CT molecular complexity index is 1770. The van der Waals surface area contributed by atoms with Crippen molar-refractivity contribution in [3.63, 3.8) is 0 Å². The highest BCUT2D eigenvalue weighted by Gasteiger charge is 2.21. The van der Waals surface area contributed by atoms with E-state index in [9.17, 15) is 9.59 Å². The summed E-state index contributed by atoms with van der Waals surface area (Å²) in [4.78, 5) is 41.4. The van der Waals surface area contributed by atoms with Crippen molar-refractivity contribution in [1.82, 2.24) is 29.4 Å². The standard InChI is InChI=1S/C17H20N4OS.C12H12N2OS.C2H7N/c1-20(2)12-8-9-18-16-13(12)14-15(23-16)17(22)21(10-19-14)11-6-4-3-5-7-11;1-8-3-5-10(6-4-8)14-9(2)13-7-11(16)12(14)15;1-3-2/h8-11H,3-7H2,1-2H3;3-7,16H,1-2H3;3H,1-2H3. The number of rotatable bonds is 3. The zero-order valence-corrected chi connectivity index (χ0v) is 26.8. The summed E-state index contributed by atoms with van der Waals surface area (Å²) in [7, 11) is 7.75. The summed E-state index contributed by atoms with van der Waals surface area (Å²) < 4.78 is 4.14.